The summed E-state index contributed by atoms with van der Waals surface area (Å²) in [4.78, 5) is 18.7. The molecule has 4 aromatic rings. The Kier molecular flexibility index (Phi) is 7.11. The van der Waals surface area contributed by atoms with Crippen LogP contribution < -0.4 is 9.80 Å². The quantitative estimate of drug-likeness (QED) is 0.207. The maximum atomic E-state index is 13.6. The highest BCUT2D eigenvalue weighted by Gasteiger charge is 2.33. The number of rotatable bonds is 10. The van der Waals surface area contributed by atoms with Gasteiger partial charge in [-0.3, -0.25) is 0 Å². The van der Waals surface area contributed by atoms with E-state index in [2.05, 4.69) is 40.0 Å². The zero-order valence-corrected chi connectivity index (χ0v) is 23.0. The lowest BCUT2D eigenvalue weighted by Crippen LogP contribution is -2.32. The van der Waals surface area contributed by atoms with Gasteiger partial charge in [0.05, 0.1) is 11.1 Å². The Morgan fingerprint density at radius 3 is 2.17 bits per heavy atom. The van der Waals surface area contributed by atoms with E-state index in [4.69, 9.17) is 4.98 Å². The van der Waals surface area contributed by atoms with E-state index in [1.54, 1.807) is 31.5 Å². The maximum absolute atomic E-state index is 13.6. The van der Waals surface area contributed by atoms with Gasteiger partial charge in [-0.2, -0.15) is 13.2 Å². The average Bonchev–Trinajstić information content (AvgIpc) is 3.85. The molecule has 40 heavy (non-hydrogen) atoms. The van der Waals surface area contributed by atoms with Gasteiger partial charge in [0, 0.05) is 49.5 Å². The summed E-state index contributed by atoms with van der Waals surface area (Å²) in [5.41, 5.74) is 3.66. The summed E-state index contributed by atoms with van der Waals surface area (Å²) < 4.78 is 40.9. The molecule has 2 aromatic carbocycles. The van der Waals surface area contributed by atoms with E-state index < -0.39 is 11.7 Å². The number of hydrogen-bond donors (Lipinski definition) is 0. The van der Waals surface area contributed by atoms with Crippen LogP contribution in [0, 0.1) is 25.7 Å². The number of fused-ring (bicyclic) bond motifs is 1. The molecule has 0 saturated heterocycles. The number of para-hydroxylation sites is 1. The predicted molar refractivity (Wildman–Crippen MR) is 152 cm³/mol. The normalized spacial score (nSPS) is 15.4. The third-order valence-electron chi connectivity index (χ3n) is 7.79. The van der Waals surface area contributed by atoms with Crippen molar-refractivity contribution >= 4 is 22.7 Å². The monoisotopic (exact) mass is 545 g/mol. The maximum Gasteiger partial charge on any atom is 0.416 e. The first-order chi connectivity index (χ1) is 19.2. The molecule has 0 spiro atoms. The van der Waals surface area contributed by atoms with Gasteiger partial charge in [-0.25, -0.2) is 15.0 Å². The molecule has 0 amide bonds. The zero-order chi connectivity index (χ0) is 27.9. The van der Waals surface area contributed by atoms with Gasteiger partial charge in [0.1, 0.15) is 5.82 Å². The molecule has 2 aliphatic rings. The molecule has 0 N–H and O–H groups in total. The van der Waals surface area contributed by atoms with E-state index >= 15 is 0 Å². The Labute approximate surface area is 233 Å². The molecular weight excluding hydrogens is 511 g/mol. The average molecular weight is 546 g/mol. The van der Waals surface area contributed by atoms with E-state index in [9.17, 15) is 13.2 Å². The number of hydrogen-bond acceptors (Lipinski definition) is 5. The first-order valence-electron chi connectivity index (χ1n) is 14.1. The summed E-state index contributed by atoms with van der Waals surface area (Å²) in [5, 5.41) is 1.06. The molecule has 2 aliphatic carbocycles. The number of alkyl halides is 3. The molecule has 208 valence electrons. The zero-order valence-electron chi connectivity index (χ0n) is 23.0. The van der Waals surface area contributed by atoms with Crippen LogP contribution in [0.1, 0.15) is 53.5 Å². The molecular formula is C32H34F3N5. The van der Waals surface area contributed by atoms with Crippen molar-refractivity contribution in [3.05, 3.63) is 88.7 Å². The fourth-order valence-corrected chi connectivity index (χ4v) is 5.44. The standard InChI is InChI=1S/C32H34F3N5/c1-21-13-25(15-28(14-21)32(33,34)35)19-40(31-36-11-4-12-37-31)20-27-16-26-6-3-5-22(2)29(26)38-30(27)39(17-23-7-8-23)18-24-9-10-24/h3-6,11-16,23-24H,7-10,17-20H2,1-2H3. The summed E-state index contributed by atoms with van der Waals surface area (Å²) in [6.45, 7) is 6.43. The van der Waals surface area contributed by atoms with Crippen LogP contribution in [0.15, 0.2) is 60.9 Å². The Morgan fingerprint density at radius 1 is 0.825 bits per heavy atom. The van der Waals surface area contributed by atoms with Crippen molar-refractivity contribution in [2.24, 2.45) is 11.8 Å². The van der Waals surface area contributed by atoms with Crippen molar-refractivity contribution < 1.29 is 13.2 Å². The van der Waals surface area contributed by atoms with Crippen LogP contribution in [0.3, 0.4) is 0 Å². The first-order valence-corrected chi connectivity index (χ1v) is 14.1. The lowest BCUT2D eigenvalue weighted by Gasteiger charge is -2.30. The Morgan fingerprint density at radius 2 is 1.52 bits per heavy atom. The number of nitrogens with zero attached hydrogens (tertiary/aromatic N) is 5. The van der Waals surface area contributed by atoms with Crippen LogP contribution in [0.5, 0.6) is 0 Å². The van der Waals surface area contributed by atoms with Gasteiger partial charge in [0.15, 0.2) is 0 Å². The largest absolute Gasteiger partial charge is 0.416 e. The molecule has 0 unspecified atom stereocenters. The van der Waals surface area contributed by atoms with Crippen LogP contribution in [0.2, 0.25) is 0 Å². The second kappa shape index (κ2) is 10.7. The van der Waals surface area contributed by atoms with Crippen molar-refractivity contribution in [3.8, 4) is 0 Å². The molecule has 5 nitrogen and oxygen atoms in total. The molecule has 8 heteroatoms. The molecule has 2 fully saturated rings. The molecule has 0 atom stereocenters. The van der Waals surface area contributed by atoms with Gasteiger partial charge in [-0.15, -0.1) is 0 Å². The highest BCUT2D eigenvalue weighted by atomic mass is 19.4. The van der Waals surface area contributed by atoms with Crippen LogP contribution in [-0.4, -0.2) is 28.0 Å². The van der Waals surface area contributed by atoms with Gasteiger partial charge >= 0.3 is 6.18 Å². The summed E-state index contributed by atoms with van der Waals surface area (Å²) in [5.74, 6) is 2.84. The van der Waals surface area contributed by atoms with E-state index in [1.807, 2.05) is 11.0 Å². The lowest BCUT2D eigenvalue weighted by atomic mass is 10.0. The fourth-order valence-electron chi connectivity index (χ4n) is 5.44. The molecule has 2 saturated carbocycles. The third kappa shape index (κ3) is 6.21. The minimum atomic E-state index is -4.41. The SMILES string of the molecule is Cc1cc(CN(Cc2cc3cccc(C)c3nc2N(CC2CC2)CC2CC2)c2ncccn2)cc(C(F)(F)F)c1. The first kappa shape index (κ1) is 26.5. The number of halogens is 3. The smallest absolute Gasteiger partial charge is 0.356 e. The number of aryl methyl sites for hydroxylation is 2. The molecule has 0 radical (unpaired) electrons. The van der Waals surface area contributed by atoms with Gasteiger partial charge in [0.2, 0.25) is 5.95 Å². The fraction of sp³-hybridized carbons (Fsp3) is 0.406. The van der Waals surface area contributed by atoms with Crippen LogP contribution in [-0.2, 0) is 19.3 Å². The van der Waals surface area contributed by atoms with Crippen LogP contribution >= 0.6 is 0 Å². The minimum absolute atomic E-state index is 0.241. The van der Waals surface area contributed by atoms with Gasteiger partial charge < -0.3 is 9.80 Å². The van der Waals surface area contributed by atoms with Crippen molar-refractivity contribution in [3.63, 3.8) is 0 Å². The second-order valence-corrected chi connectivity index (χ2v) is 11.5. The van der Waals surface area contributed by atoms with E-state index in [0.29, 0.717) is 35.5 Å². The minimum Gasteiger partial charge on any atom is -0.356 e. The highest BCUT2D eigenvalue weighted by molar-refractivity contribution is 5.84. The third-order valence-corrected chi connectivity index (χ3v) is 7.79. The highest BCUT2D eigenvalue weighted by Crippen LogP contribution is 2.38. The molecule has 2 aromatic heterocycles. The van der Waals surface area contributed by atoms with E-state index in [1.165, 1.54) is 37.8 Å². The van der Waals surface area contributed by atoms with Gasteiger partial charge in [-0.1, -0.05) is 29.8 Å². The van der Waals surface area contributed by atoms with E-state index in [0.717, 1.165) is 40.9 Å². The lowest BCUT2D eigenvalue weighted by molar-refractivity contribution is -0.137. The Hall–Kier alpha value is -3.68. The molecule has 0 bridgehead atoms. The number of pyridine rings is 1. The van der Waals surface area contributed by atoms with Gasteiger partial charge in [0.25, 0.3) is 0 Å². The van der Waals surface area contributed by atoms with Crippen molar-refractivity contribution in [2.45, 2.75) is 58.8 Å². The summed E-state index contributed by atoms with van der Waals surface area (Å²) in [6, 6.07) is 14.4. The summed E-state index contributed by atoms with van der Waals surface area (Å²) >= 11 is 0. The molecule has 0 aliphatic heterocycles. The number of benzene rings is 2. The predicted octanol–water partition coefficient (Wildman–Crippen LogP) is 7.49. The van der Waals surface area contributed by atoms with E-state index in [-0.39, 0.29) is 6.54 Å². The summed E-state index contributed by atoms with van der Waals surface area (Å²) in [6.07, 6.45) is 3.94. The Bertz CT molecular complexity index is 1480. The molecule has 2 heterocycles. The number of aromatic nitrogens is 3. The van der Waals surface area contributed by atoms with Crippen molar-refractivity contribution in [1.82, 2.24) is 15.0 Å². The van der Waals surface area contributed by atoms with Crippen LogP contribution in [0.4, 0.5) is 24.9 Å². The van der Waals surface area contributed by atoms with Crippen LogP contribution in [0.25, 0.3) is 10.9 Å². The second-order valence-electron chi connectivity index (χ2n) is 11.5. The van der Waals surface area contributed by atoms with Crippen molar-refractivity contribution in [2.75, 3.05) is 22.9 Å². The summed E-state index contributed by atoms with van der Waals surface area (Å²) in [7, 11) is 0. The number of anilines is 2. The Balaban J connectivity index is 1.42. The topological polar surface area (TPSA) is 45.2 Å². The van der Waals surface area contributed by atoms with Gasteiger partial charge in [-0.05, 0) is 86.8 Å². The molecule has 6 rings (SSSR count). The van der Waals surface area contributed by atoms with Crippen molar-refractivity contribution in [1.29, 1.82) is 0 Å².